The smallest absolute Gasteiger partial charge is 0.393 e. The normalized spacial score (nSPS) is 11.2. The molecule has 0 bridgehead atoms. The molecule has 2 N–H and O–H groups in total. The summed E-state index contributed by atoms with van der Waals surface area (Å²) in [7, 11) is 0. The first-order valence-electron chi connectivity index (χ1n) is 3.57. The van der Waals surface area contributed by atoms with Crippen molar-refractivity contribution >= 4 is 23.0 Å². The Labute approximate surface area is 90.9 Å². The van der Waals surface area contributed by atoms with Crippen LogP contribution in [-0.4, -0.2) is 16.3 Å². The van der Waals surface area contributed by atoms with Gasteiger partial charge in [-0.1, -0.05) is 11.6 Å². The minimum Gasteiger partial charge on any atom is -0.393 e. The Kier molecular flexibility index (Phi) is 3.08. The summed E-state index contributed by atoms with van der Waals surface area (Å²) in [5, 5.41) is 9.60. The molecular formula is C6H3ClF3N3O3. The number of hydrogen-bond donors (Lipinski definition) is 1. The van der Waals surface area contributed by atoms with Crippen molar-refractivity contribution in [2.45, 2.75) is 6.36 Å². The molecule has 1 heterocycles. The first kappa shape index (κ1) is 12.3. The van der Waals surface area contributed by atoms with Crippen molar-refractivity contribution in [3.8, 4) is 5.88 Å². The predicted octanol–water partition coefficient (Wildman–Crippen LogP) is 2.12. The van der Waals surface area contributed by atoms with Crippen LogP contribution in [0.3, 0.4) is 0 Å². The zero-order valence-corrected chi connectivity index (χ0v) is 8.04. The number of rotatable bonds is 2. The van der Waals surface area contributed by atoms with Crippen LogP contribution in [0.15, 0.2) is 6.07 Å². The number of aromatic nitrogens is 1. The standard InChI is InChI=1S/C6H3ClF3N3O3/c7-5-4(13(14)15)2(11)1-3(12-5)16-6(8,9)10/h1H,(H2,11,12). The summed E-state index contributed by atoms with van der Waals surface area (Å²) in [6.07, 6.45) is -4.97. The quantitative estimate of drug-likeness (QED) is 0.498. The molecule has 0 radical (unpaired) electrons. The van der Waals surface area contributed by atoms with Gasteiger partial charge in [0, 0.05) is 6.07 Å². The van der Waals surface area contributed by atoms with Crippen molar-refractivity contribution in [3.63, 3.8) is 0 Å². The third kappa shape index (κ3) is 2.86. The molecule has 1 aromatic heterocycles. The summed E-state index contributed by atoms with van der Waals surface area (Å²) in [6.45, 7) is 0. The van der Waals surface area contributed by atoms with Gasteiger partial charge in [-0.15, -0.1) is 13.2 Å². The van der Waals surface area contributed by atoms with Gasteiger partial charge < -0.3 is 10.5 Å². The van der Waals surface area contributed by atoms with Crippen LogP contribution in [0.5, 0.6) is 5.88 Å². The Balaban J connectivity index is 3.15. The average molecular weight is 258 g/mol. The van der Waals surface area contributed by atoms with E-state index in [1.807, 2.05) is 0 Å². The highest BCUT2D eigenvalue weighted by Crippen LogP contribution is 2.33. The molecule has 0 aliphatic rings. The first-order valence-corrected chi connectivity index (χ1v) is 3.94. The molecule has 6 nitrogen and oxygen atoms in total. The fraction of sp³-hybridized carbons (Fsp3) is 0.167. The summed E-state index contributed by atoms with van der Waals surface area (Å²) >= 11 is 5.28. The topological polar surface area (TPSA) is 91.3 Å². The van der Waals surface area contributed by atoms with Gasteiger partial charge in [-0.25, -0.2) is 0 Å². The highest BCUT2D eigenvalue weighted by Gasteiger charge is 2.33. The molecule has 0 fully saturated rings. The SMILES string of the molecule is Nc1cc(OC(F)(F)F)nc(Cl)c1[N+](=O)[O-]. The van der Waals surface area contributed by atoms with Crippen LogP contribution >= 0.6 is 11.6 Å². The van der Waals surface area contributed by atoms with Gasteiger partial charge in [0.2, 0.25) is 11.0 Å². The summed E-state index contributed by atoms with van der Waals surface area (Å²) < 4.78 is 38.8. The Hall–Kier alpha value is -1.77. The Bertz CT molecular complexity index is 414. The maximum Gasteiger partial charge on any atom is 0.574 e. The van der Waals surface area contributed by atoms with Crippen LogP contribution in [-0.2, 0) is 0 Å². The number of anilines is 1. The van der Waals surface area contributed by atoms with E-state index in [1.54, 1.807) is 0 Å². The van der Waals surface area contributed by atoms with Gasteiger partial charge >= 0.3 is 12.0 Å². The highest BCUT2D eigenvalue weighted by molar-refractivity contribution is 6.32. The molecule has 0 saturated carbocycles. The van der Waals surface area contributed by atoms with Gasteiger partial charge in [0.05, 0.1) is 4.92 Å². The Morgan fingerprint density at radius 2 is 2.12 bits per heavy atom. The van der Waals surface area contributed by atoms with Crippen molar-refractivity contribution in [2.24, 2.45) is 0 Å². The minimum absolute atomic E-state index is 0.566. The van der Waals surface area contributed by atoms with Gasteiger partial charge in [0.25, 0.3) is 0 Å². The monoisotopic (exact) mass is 257 g/mol. The maximum absolute atomic E-state index is 11.8. The van der Waals surface area contributed by atoms with Gasteiger partial charge in [-0.2, -0.15) is 4.98 Å². The fourth-order valence-corrected chi connectivity index (χ4v) is 1.12. The molecule has 0 atom stereocenters. The predicted molar refractivity (Wildman–Crippen MR) is 47.0 cm³/mol. The third-order valence-electron chi connectivity index (χ3n) is 1.36. The van der Waals surface area contributed by atoms with E-state index in [0.29, 0.717) is 6.07 Å². The van der Waals surface area contributed by atoms with E-state index < -0.39 is 33.7 Å². The maximum atomic E-state index is 11.8. The van der Waals surface area contributed by atoms with Crippen LogP contribution in [0.25, 0.3) is 0 Å². The lowest BCUT2D eigenvalue weighted by Crippen LogP contribution is -2.18. The van der Waals surface area contributed by atoms with E-state index in [-0.39, 0.29) is 0 Å². The van der Waals surface area contributed by atoms with E-state index >= 15 is 0 Å². The number of nitro groups is 1. The fourth-order valence-electron chi connectivity index (χ4n) is 0.854. The summed E-state index contributed by atoms with van der Waals surface area (Å²) in [5.41, 5.74) is 3.80. The van der Waals surface area contributed by atoms with E-state index in [2.05, 4.69) is 9.72 Å². The van der Waals surface area contributed by atoms with E-state index in [0.717, 1.165) is 0 Å². The zero-order valence-electron chi connectivity index (χ0n) is 7.29. The molecule has 0 aliphatic heterocycles. The largest absolute Gasteiger partial charge is 0.574 e. The highest BCUT2D eigenvalue weighted by atomic mass is 35.5. The van der Waals surface area contributed by atoms with Crippen LogP contribution in [0.2, 0.25) is 5.15 Å². The van der Waals surface area contributed by atoms with Gasteiger partial charge in [-0.3, -0.25) is 10.1 Å². The molecule has 0 aliphatic carbocycles. The number of alkyl halides is 3. The number of ether oxygens (including phenoxy) is 1. The number of nitrogens with two attached hydrogens (primary N) is 1. The summed E-state index contributed by atoms with van der Waals surface area (Å²) in [6, 6.07) is 0.567. The Morgan fingerprint density at radius 1 is 1.56 bits per heavy atom. The lowest BCUT2D eigenvalue weighted by molar-refractivity contribution is -0.384. The second-order valence-electron chi connectivity index (χ2n) is 2.49. The number of hydrogen-bond acceptors (Lipinski definition) is 5. The lowest BCUT2D eigenvalue weighted by Gasteiger charge is -2.08. The second kappa shape index (κ2) is 4.00. The molecule has 0 unspecified atom stereocenters. The number of pyridine rings is 1. The number of halogens is 4. The van der Waals surface area contributed by atoms with Crippen molar-refractivity contribution in [1.82, 2.24) is 4.98 Å². The van der Waals surface area contributed by atoms with Crippen LogP contribution in [0.1, 0.15) is 0 Å². The molecule has 88 valence electrons. The molecule has 1 rings (SSSR count). The van der Waals surface area contributed by atoms with Gasteiger partial charge in [0.1, 0.15) is 5.69 Å². The lowest BCUT2D eigenvalue weighted by atomic mass is 10.3. The average Bonchev–Trinajstić information content (AvgIpc) is 1.96. The second-order valence-corrected chi connectivity index (χ2v) is 2.85. The third-order valence-corrected chi connectivity index (χ3v) is 1.62. The van der Waals surface area contributed by atoms with Gasteiger partial charge in [0.15, 0.2) is 0 Å². The van der Waals surface area contributed by atoms with Crippen molar-refractivity contribution < 1.29 is 22.8 Å². The molecule has 0 saturated heterocycles. The van der Waals surface area contributed by atoms with Crippen molar-refractivity contribution in [2.75, 3.05) is 5.73 Å². The van der Waals surface area contributed by atoms with Crippen LogP contribution < -0.4 is 10.5 Å². The van der Waals surface area contributed by atoms with E-state index in [4.69, 9.17) is 17.3 Å². The molecule has 0 aromatic carbocycles. The first-order chi connectivity index (χ1) is 7.20. The van der Waals surface area contributed by atoms with Crippen molar-refractivity contribution in [3.05, 3.63) is 21.3 Å². The molecule has 16 heavy (non-hydrogen) atoms. The number of nitrogens with zero attached hydrogens (tertiary/aromatic N) is 2. The van der Waals surface area contributed by atoms with Crippen molar-refractivity contribution in [1.29, 1.82) is 0 Å². The molecular weight excluding hydrogens is 255 g/mol. The van der Waals surface area contributed by atoms with Gasteiger partial charge in [-0.05, 0) is 0 Å². The molecule has 10 heteroatoms. The van der Waals surface area contributed by atoms with Crippen LogP contribution in [0.4, 0.5) is 24.5 Å². The van der Waals surface area contributed by atoms with E-state index in [9.17, 15) is 23.3 Å². The minimum atomic E-state index is -4.97. The number of nitrogen functional groups attached to an aromatic ring is 1. The zero-order chi connectivity index (χ0) is 12.5. The molecule has 1 aromatic rings. The Morgan fingerprint density at radius 3 is 2.50 bits per heavy atom. The van der Waals surface area contributed by atoms with Crippen LogP contribution in [0, 0.1) is 10.1 Å². The summed E-state index contributed by atoms with van der Waals surface area (Å²) in [4.78, 5) is 12.5. The molecule has 0 spiro atoms. The van der Waals surface area contributed by atoms with E-state index in [1.165, 1.54) is 0 Å². The summed E-state index contributed by atoms with van der Waals surface area (Å²) in [5.74, 6) is -0.958. The molecule has 0 amide bonds.